The third-order valence-electron chi connectivity index (χ3n) is 2.04. The number of benzene rings is 1. The van der Waals surface area contributed by atoms with Crippen LogP contribution in [-0.4, -0.2) is 30.6 Å². The van der Waals surface area contributed by atoms with Gasteiger partial charge in [-0.3, -0.25) is 9.59 Å². The van der Waals surface area contributed by atoms with Crippen molar-refractivity contribution in [1.82, 2.24) is 0 Å². The zero-order valence-electron chi connectivity index (χ0n) is 9.14. The Morgan fingerprint density at radius 1 is 1.44 bits per heavy atom. The molecule has 0 aromatic heterocycles. The van der Waals surface area contributed by atoms with Crippen LogP contribution in [0.4, 0.5) is 5.69 Å². The number of anilines is 1. The Hall–Kier alpha value is -2.04. The number of carbonyl (C=O) groups is 2. The number of carbonyl (C=O) groups excluding carboxylic acids is 1. The van der Waals surface area contributed by atoms with E-state index in [-0.39, 0.29) is 12.5 Å². The van der Waals surface area contributed by atoms with Crippen molar-refractivity contribution in [3.05, 3.63) is 24.3 Å². The van der Waals surface area contributed by atoms with Crippen molar-refractivity contribution in [2.45, 2.75) is 6.92 Å². The van der Waals surface area contributed by atoms with E-state index in [1.54, 1.807) is 24.3 Å². The zero-order valence-corrected chi connectivity index (χ0v) is 9.14. The van der Waals surface area contributed by atoms with Crippen molar-refractivity contribution in [2.75, 3.05) is 18.6 Å². The van der Waals surface area contributed by atoms with E-state index in [4.69, 9.17) is 9.84 Å². The first-order valence-electron chi connectivity index (χ1n) is 4.68. The Morgan fingerprint density at radius 3 is 2.62 bits per heavy atom. The molecule has 0 saturated carbocycles. The van der Waals surface area contributed by atoms with Crippen molar-refractivity contribution < 1.29 is 19.4 Å². The predicted molar refractivity (Wildman–Crippen MR) is 58.7 cm³/mol. The molecule has 1 rings (SSSR count). The highest BCUT2D eigenvalue weighted by Crippen LogP contribution is 2.20. The summed E-state index contributed by atoms with van der Waals surface area (Å²) < 4.78 is 5.00. The number of rotatable bonds is 4. The van der Waals surface area contributed by atoms with Gasteiger partial charge in [-0.15, -0.1) is 0 Å². The van der Waals surface area contributed by atoms with E-state index in [0.29, 0.717) is 11.4 Å². The summed E-state index contributed by atoms with van der Waals surface area (Å²) in [6.45, 7) is 0.963. The smallest absolute Gasteiger partial charge is 0.323 e. The van der Waals surface area contributed by atoms with Gasteiger partial charge in [-0.2, -0.15) is 0 Å². The largest absolute Gasteiger partial charge is 0.497 e. The van der Waals surface area contributed by atoms with E-state index in [1.165, 1.54) is 18.9 Å². The Kier molecular flexibility index (Phi) is 3.88. The number of amides is 1. The van der Waals surface area contributed by atoms with Crippen LogP contribution in [0.5, 0.6) is 5.75 Å². The monoisotopic (exact) mass is 223 g/mol. The molecule has 0 saturated heterocycles. The average Bonchev–Trinajstić information content (AvgIpc) is 2.25. The molecule has 1 N–H and O–H groups in total. The standard InChI is InChI=1S/C11H13NO4/c1-8(13)12(7-11(14)15)9-4-3-5-10(6-9)16-2/h3-6H,7H2,1-2H3,(H,14,15). The third-order valence-corrected chi connectivity index (χ3v) is 2.04. The molecular formula is C11H13NO4. The quantitative estimate of drug-likeness (QED) is 0.831. The maximum absolute atomic E-state index is 11.3. The first-order chi connectivity index (χ1) is 7.54. The number of nitrogens with zero attached hydrogens (tertiary/aromatic N) is 1. The molecule has 0 heterocycles. The Labute approximate surface area is 93.2 Å². The summed E-state index contributed by atoms with van der Waals surface area (Å²) in [5, 5.41) is 8.70. The van der Waals surface area contributed by atoms with Crippen LogP contribution in [-0.2, 0) is 9.59 Å². The number of carboxylic acids is 1. The van der Waals surface area contributed by atoms with E-state index < -0.39 is 5.97 Å². The molecule has 16 heavy (non-hydrogen) atoms. The number of hydrogen-bond donors (Lipinski definition) is 1. The fourth-order valence-electron chi connectivity index (χ4n) is 1.30. The Morgan fingerprint density at radius 2 is 2.12 bits per heavy atom. The van der Waals surface area contributed by atoms with Crippen molar-refractivity contribution in [3.63, 3.8) is 0 Å². The lowest BCUT2D eigenvalue weighted by molar-refractivity contribution is -0.136. The molecule has 0 aliphatic rings. The first-order valence-corrected chi connectivity index (χ1v) is 4.68. The van der Waals surface area contributed by atoms with Crippen molar-refractivity contribution in [3.8, 4) is 5.75 Å². The molecule has 1 aromatic carbocycles. The molecular weight excluding hydrogens is 210 g/mol. The van der Waals surface area contributed by atoms with Crippen LogP contribution in [0.3, 0.4) is 0 Å². The lowest BCUT2D eigenvalue weighted by Crippen LogP contribution is -2.33. The molecule has 0 aliphatic heterocycles. The van der Waals surface area contributed by atoms with Gasteiger partial charge in [0.1, 0.15) is 12.3 Å². The molecule has 0 unspecified atom stereocenters. The van der Waals surface area contributed by atoms with Gasteiger partial charge in [0.2, 0.25) is 5.91 Å². The zero-order chi connectivity index (χ0) is 12.1. The van der Waals surface area contributed by atoms with Gasteiger partial charge in [0.15, 0.2) is 0 Å². The minimum absolute atomic E-state index is 0.323. The fraction of sp³-hybridized carbons (Fsp3) is 0.273. The lowest BCUT2D eigenvalue weighted by atomic mass is 10.2. The minimum Gasteiger partial charge on any atom is -0.497 e. The van der Waals surface area contributed by atoms with E-state index in [0.717, 1.165) is 0 Å². The van der Waals surface area contributed by atoms with Crippen molar-refractivity contribution in [1.29, 1.82) is 0 Å². The summed E-state index contributed by atoms with van der Waals surface area (Å²) in [6, 6.07) is 6.70. The summed E-state index contributed by atoms with van der Waals surface area (Å²) in [7, 11) is 1.51. The SMILES string of the molecule is COc1cccc(N(CC(=O)O)C(C)=O)c1. The minimum atomic E-state index is -1.06. The van der Waals surface area contributed by atoms with Gasteiger partial charge in [0, 0.05) is 18.7 Å². The number of hydrogen-bond acceptors (Lipinski definition) is 3. The van der Waals surface area contributed by atoms with Crippen molar-refractivity contribution in [2.24, 2.45) is 0 Å². The molecule has 5 heteroatoms. The van der Waals surface area contributed by atoms with Gasteiger partial charge >= 0.3 is 5.97 Å². The fourth-order valence-corrected chi connectivity index (χ4v) is 1.30. The average molecular weight is 223 g/mol. The molecule has 86 valence electrons. The van der Waals surface area contributed by atoms with Gasteiger partial charge in [-0.25, -0.2) is 0 Å². The highest BCUT2D eigenvalue weighted by atomic mass is 16.5. The summed E-state index contributed by atoms with van der Waals surface area (Å²) in [5.74, 6) is -0.803. The molecule has 0 spiro atoms. The maximum atomic E-state index is 11.3. The topological polar surface area (TPSA) is 66.8 Å². The van der Waals surface area contributed by atoms with Crippen LogP contribution in [0.15, 0.2) is 24.3 Å². The van der Waals surface area contributed by atoms with Crippen LogP contribution >= 0.6 is 0 Å². The van der Waals surface area contributed by atoms with Crippen LogP contribution in [0.25, 0.3) is 0 Å². The first kappa shape index (κ1) is 12.0. The van der Waals surface area contributed by atoms with E-state index in [9.17, 15) is 9.59 Å². The van der Waals surface area contributed by atoms with E-state index in [1.807, 2.05) is 0 Å². The predicted octanol–water partition coefficient (Wildman–Crippen LogP) is 1.13. The molecule has 1 amide bonds. The number of carboxylic acid groups (broad SMARTS) is 1. The third kappa shape index (κ3) is 2.98. The summed E-state index contributed by atoms with van der Waals surface area (Å²) in [5.41, 5.74) is 0.509. The Bertz CT molecular complexity index is 403. The van der Waals surface area contributed by atoms with Crippen LogP contribution in [0.1, 0.15) is 6.92 Å². The van der Waals surface area contributed by atoms with Gasteiger partial charge < -0.3 is 14.7 Å². The number of aliphatic carboxylic acids is 1. The summed E-state index contributed by atoms with van der Waals surface area (Å²) in [4.78, 5) is 23.1. The van der Waals surface area contributed by atoms with Crippen LogP contribution < -0.4 is 9.64 Å². The lowest BCUT2D eigenvalue weighted by Gasteiger charge is -2.19. The van der Waals surface area contributed by atoms with Gasteiger partial charge in [-0.1, -0.05) is 6.07 Å². The molecule has 0 bridgehead atoms. The van der Waals surface area contributed by atoms with Crippen LogP contribution in [0.2, 0.25) is 0 Å². The number of ether oxygens (including phenoxy) is 1. The second-order valence-corrected chi connectivity index (χ2v) is 3.20. The second kappa shape index (κ2) is 5.16. The highest BCUT2D eigenvalue weighted by Gasteiger charge is 2.15. The number of methoxy groups -OCH3 is 1. The molecule has 0 fully saturated rings. The highest BCUT2D eigenvalue weighted by molar-refractivity contribution is 5.96. The van der Waals surface area contributed by atoms with E-state index >= 15 is 0 Å². The van der Waals surface area contributed by atoms with Crippen molar-refractivity contribution >= 4 is 17.6 Å². The summed E-state index contributed by atoms with van der Waals surface area (Å²) in [6.07, 6.45) is 0. The molecule has 5 nitrogen and oxygen atoms in total. The summed E-state index contributed by atoms with van der Waals surface area (Å²) >= 11 is 0. The molecule has 0 aliphatic carbocycles. The van der Waals surface area contributed by atoms with E-state index in [2.05, 4.69) is 0 Å². The van der Waals surface area contributed by atoms with Gasteiger partial charge in [-0.05, 0) is 12.1 Å². The van der Waals surface area contributed by atoms with Gasteiger partial charge in [0.05, 0.1) is 7.11 Å². The molecule has 0 radical (unpaired) electrons. The normalized spacial score (nSPS) is 9.62. The van der Waals surface area contributed by atoms with Gasteiger partial charge in [0.25, 0.3) is 0 Å². The molecule has 1 aromatic rings. The second-order valence-electron chi connectivity index (χ2n) is 3.20. The van der Waals surface area contributed by atoms with Crippen LogP contribution in [0, 0.1) is 0 Å². The maximum Gasteiger partial charge on any atom is 0.323 e. The molecule has 0 atom stereocenters. The Balaban J connectivity index is 3.00.